The molecule has 0 N–H and O–H groups in total. The van der Waals surface area contributed by atoms with E-state index in [1.807, 2.05) is 11.5 Å². The Morgan fingerprint density at radius 2 is 1.86 bits per heavy atom. The molecule has 2 aromatic rings. The summed E-state index contributed by atoms with van der Waals surface area (Å²) in [6.45, 7) is 3.30. The smallest absolute Gasteiger partial charge is 0.310 e. The van der Waals surface area contributed by atoms with E-state index in [0.29, 0.717) is 23.4 Å². The van der Waals surface area contributed by atoms with Gasteiger partial charge in [0.05, 0.1) is 25.0 Å². The van der Waals surface area contributed by atoms with Gasteiger partial charge < -0.3 is 14.0 Å². The lowest BCUT2D eigenvalue weighted by Gasteiger charge is -2.16. The normalized spacial score (nSPS) is 17.8. The van der Waals surface area contributed by atoms with E-state index in [0.717, 1.165) is 11.3 Å². The van der Waals surface area contributed by atoms with Crippen molar-refractivity contribution in [1.82, 2.24) is 4.57 Å². The van der Waals surface area contributed by atoms with Gasteiger partial charge in [0.25, 0.3) is 0 Å². The second kappa shape index (κ2) is 8.41. The topological polar surface area (TPSA) is 91.7 Å². The second-order valence-corrected chi connectivity index (χ2v) is 9.55. The molecule has 0 unspecified atom stereocenters. The lowest BCUT2D eigenvalue weighted by atomic mass is 10.1. The molecule has 1 atom stereocenters. The number of nitrogens with zero attached hydrogens (tertiary/aromatic N) is 1. The van der Waals surface area contributed by atoms with Crippen LogP contribution in [0.1, 0.15) is 39.8 Å². The minimum atomic E-state index is -3.03. The Bertz CT molecular complexity index is 1020. The first-order chi connectivity index (χ1) is 13.7. The highest BCUT2D eigenvalue weighted by Gasteiger charge is 2.31. The van der Waals surface area contributed by atoms with Crippen LogP contribution in [0, 0.1) is 13.8 Å². The highest BCUT2D eigenvalue weighted by atomic mass is 32.2. The summed E-state index contributed by atoms with van der Waals surface area (Å²) in [7, 11) is -1.46. The van der Waals surface area contributed by atoms with Crippen LogP contribution in [0.15, 0.2) is 30.3 Å². The summed E-state index contributed by atoms with van der Waals surface area (Å²) in [6.07, 6.45) is 0.611. The zero-order valence-electron chi connectivity index (χ0n) is 16.8. The fourth-order valence-electron chi connectivity index (χ4n) is 3.79. The monoisotopic (exact) mass is 419 g/mol. The van der Waals surface area contributed by atoms with Crippen molar-refractivity contribution in [3.8, 4) is 5.75 Å². The van der Waals surface area contributed by atoms with Crippen LogP contribution in [0.25, 0.3) is 0 Å². The van der Waals surface area contributed by atoms with Crippen molar-refractivity contribution in [2.75, 3.05) is 25.2 Å². The van der Waals surface area contributed by atoms with Gasteiger partial charge in [-0.05, 0) is 44.0 Å². The summed E-state index contributed by atoms with van der Waals surface area (Å²) >= 11 is 0. The first-order valence-corrected chi connectivity index (χ1v) is 11.2. The quantitative estimate of drug-likeness (QED) is 0.506. The van der Waals surface area contributed by atoms with Crippen molar-refractivity contribution in [3.05, 3.63) is 52.8 Å². The third-order valence-corrected chi connectivity index (χ3v) is 6.98. The number of hydrogen-bond acceptors (Lipinski definition) is 6. The molecule has 156 valence electrons. The van der Waals surface area contributed by atoms with E-state index in [9.17, 15) is 18.0 Å². The molecule has 7 nitrogen and oxygen atoms in total. The summed E-state index contributed by atoms with van der Waals surface area (Å²) in [6, 6.07) is 8.63. The van der Waals surface area contributed by atoms with Crippen LogP contribution in [0.5, 0.6) is 5.75 Å². The SMILES string of the molecule is COc1ccc(CC(=O)OCC(=O)c2cc(C)n([C@H]3CCS(=O)(=O)C3)c2C)cc1. The molecule has 1 aromatic carbocycles. The van der Waals surface area contributed by atoms with E-state index >= 15 is 0 Å². The fraction of sp³-hybridized carbons (Fsp3) is 0.429. The van der Waals surface area contributed by atoms with Crippen molar-refractivity contribution in [3.63, 3.8) is 0 Å². The summed E-state index contributed by atoms with van der Waals surface area (Å²) in [5.41, 5.74) is 2.77. The van der Waals surface area contributed by atoms with Crippen molar-refractivity contribution in [2.24, 2.45) is 0 Å². The number of benzene rings is 1. The van der Waals surface area contributed by atoms with Crippen LogP contribution in [0.3, 0.4) is 0 Å². The molecule has 1 fully saturated rings. The van der Waals surface area contributed by atoms with Crippen LogP contribution in [-0.2, 0) is 25.8 Å². The maximum atomic E-state index is 12.6. The van der Waals surface area contributed by atoms with Crippen molar-refractivity contribution < 1.29 is 27.5 Å². The van der Waals surface area contributed by atoms with E-state index in [2.05, 4.69) is 0 Å². The van der Waals surface area contributed by atoms with Crippen molar-refractivity contribution >= 4 is 21.6 Å². The Labute approximate surface area is 170 Å². The largest absolute Gasteiger partial charge is 0.497 e. The van der Waals surface area contributed by atoms with Crippen molar-refractivity contribution in [2.45, 2.75) is 32.7 Å². The number of sulfone groups is 1. The number of carbonyl (C=O) groups is 2. The van der Waals surface area contributed by atoms with Crippen LogP contribution >= 0.6 is 0 Å². The number of hydrogen-bond donors (Lipinski definition) is 0. The molecule has 3 rings (SSSR count). The Balaban J connectivity index is 1.62. The summed E-state index contributed by atoms with van der Waals surface area (Å²) in [5, 5.41) is 0. The van der Waals surface area contributed by atoms with Crippen LogP contribution in [0.4, 0.5) is 0 Å². The minimum Gasteiger partial charge on any atom is -0.497 e. The number of ketones is 1. The molecule has 1 saturated heterocycles. The van der Waals surface area contributed by atoms with E-state index in [4.69, 9.17) is 9.47 Å². The molecule has 0 bridgehead atoms. The second-order valence-electron chi connectivity index (χ2n) is 7.32. The average Bonchev–Trinajstić information content (AvgIpc) is 3.18. The standard InChI is InChI=1S/C21H25NO6S/c1-14-10-19(15(2)22(14)17-8-9-29(25,26)13-17)20(23)12-28-21(24)11-16-4-6-18(27-3)7-5-16/h4-7,10,17H,8-9,11-13H2,1-3H3/t17-/m0/s1. The minimum absolute atomic E-state index is 0.0657. The van der Waals surface area contributed by atoms with Gasteiger partial charge in [-0.25, -0.2) is 8.42 Å². The van der Waals surface area contributed by atoms with Crippen LogP contribution in [-0.4, -0.2) is 50.0 Å². The summed E-state index contributed by atoms with van der Waals surface area (Å²) in [4.78, 5) is 24.7. The van der Waals surface area contributed by atoms with E-state index in [-0.39, 0.29) is 36.4 Å². The molecule has 2 heterocycles. The number of carbonyl (C=O) groups excluding carboxylic acids is 2. The molecular weight excluding hydrogens is 394 g/mol. The Kier molecular flexibility index (Phi) is 6.12. The number of aryl methyl sites for hydroxylation is 1. The fourth-order valence-corrected chi connectivity index (χ4v) is 5.49. The van der Waals surface area contributed by atoms with Gasteiger partial charge in [-0.2, -0.15) is 0 Å². The van der Waals surface area contributed by atoms with Gasteiger partial charge in [0.1, 0.15) is 5.75 Å². The molecule has 8 heteroatoms. The molecule has 0 radical (unpaired) electrons. The van der Waals surface area contributed by atoms with Gasteiger partial charge in [-0.15, -0.1) is 0 Å². The van der Waals surface area contributed by atoms with Crippen LogP contribution < -0.4 is 4.74 Å². The lowest BCUT2D eigenvalue weighted by Crippen LogP contribution is -2.17. The van der Waals surface area contributed by atoms with Crippen LogP contribution in [0.2, 0.25) is 0 Å². The van der Waals surface area contributed by atoms with Gasteiger partial charge in [-0.1, -0.05) is 12.1 Å². The molecule has 0 amide bonds. The first kappa shape index (κ1) is 21.1. The molecule has 29 heavy (non-hydrogen) atoms. The Morgan fingerprint density at radius 1 is 1.17 bits per heavy atom. The summed E-state index contributed by atoms with van der Waals surface area (Å²) in [5.74, 6) is 0.171. The van der Waals surface area contributed by atoms with Gasteiger partial charge in [0.15, 0.2) is 16.4 Å². The van der Waals surface area contributed by atoms with E-state index in [1.54, 1.807) is 44.4 Å². The molecule has 0 spiro atoms. The molecule has 1 aromatic heterocycles. The first-order valence-electron chi connectivity index (χ1n) is 9.41. The molecular formula is C21H25NO6S. The highest BCUT2D eigenvalue weighted by Crippen LogP contribution is 2.29. The maximum Gasteiger partial charge on any atom is 0.310 e. The predicted octanol–water partition coefficient (Wildman–Crippen LogP) is 2.44. The lowest BCUT2D eigenvalue weighted by molar-refractivity contribution is -0.141. The van der Waals surface area contributed by atoms with Gasteiger partial charge in [-0.3, -0.25) is 9.59 Å². The zero-order chi connectivity index (χ0) is 21.2. The predicted molar refractivity (Wildman–Crippen MR) is 108 cm³/mol. The number of Topliss-reactive ketones (excluding diaryl/α,β-unsaturated/α-hetero) is 1. The number of ether oxygens (including phenoxy) is 2. The number of methoxy groups -OCH3 is 1. The van der Waals surface area contributed by atoms with E-state index in [1.165, 1.54) is 0 Å². The molecule has 1 aliphatic heterocycles. The van der Waals surface area contributed by atoms with Gasteiger partial charge in [0, 0.05) is 23.0 Å². The number of aromatic nitrogens is 1. The van der Waals surface area contributed by atoms with Crippen molar-refractivity contribution in [1.29, 1.82) is 0 Å². The molecule has 0 aliphatic carbocycles. The highest BCUT2D eigenvalue weighted by molar-refractivity contribution is 7.91. The third-order valence-electron chi connectivity index (χ3n) is 5.23. The zero-order valence-corrected chi connectivity index (χ0v) is 17.6. The maximum absolute atomic E-state index is 12.6. The molecule has 1 aliphatic rings. The summed E-state index contributed by atoms with van der Waals surface area (Å²) < 4.78 is 35.7. The van der Waals surface area contributed by atoms with E-state index < -0.39 is 15.8 Å². The number of rotatable bonds is 7. The third kappa shape index (κ3) is 4.87. The Morgan fingerprint density at radius 3 is 2.45 bits per heavy atom. The molecule has 0 saturated carbocycles. The van der Waals surface area contributed by atoms with Gasteiger partial charge in [0.2, 0.25) is 5.78 Å². The Hall–Kier alpha value is -2.61. The average molecular weight is 419 g/mol. The number of esters is 1. The van der Waals surface area contributed by atoms with Gasteiger partial charge >= 0.3 is 5.97 Å².